The van der Waals surface area contributed by atoms with Crippen molar-refractivity contribution in [1.29, 1.82) is 0 Å². The van der Waals surface area contributed by atoms with Crippen molar-refractivity contribution in [2.24, 2.45) is 0 Å². The Morgan fingerprint density at radius 3 is 2.85 bits per heavy atom. The molecule has 20 heavy (non-hydrogen) atoms. The van der Waals surface area contributed by atoms with E-state index in [1.54, 1.807) is 0 Å². The van der Waals surface area contributed by atoms with Gasteiger partial charge in [-0.25, -0.2) is 4.98 Å². The number of aryl methyl sites for hydroxylation is 3. The SMILES string of the molecule is CCc1nc(Cl)c(N)c(Oc2ccc3c(c2)CCC3)n1. The number of nitrogens with two attached hydrogens (primary N) is 1. The van der Waals surface area contributed by atoms with Gasteiger partial charge in [-0.2, -0.15) is 4.98 Å². The normalized spacial score (nSPS) is 13.3. The maximum atomic E-state index is 6.00. The van der Waals surface area contributed by atoms with Gasteiger partial charge in [0.1, 0.15) is 17.3 Å². The van der Waals surface area contributed by atoms with E-state index in [1.165, 1.54) is 17.5 Å². The summed E-state index contributed by atoms with van der Waals surface area (Å²) in [6, 6.07) is 6.12. The molecule has 2 N–H and O–H groups in total. The molecule has 1 aromatic carbocycles. The van der Waals surface area contributed by atoms with Gasteiger partial charge in [0.05, 0.1) is 0 Å². The zero-order chi connectivity index (χ0) is 14.1. The van der Waals surface area contributed by atoms with E-state index in [0.717, 1.165) is 18.6 Å². The van der Waals surface area contributed by atoms with Crippen LogP contribution in [0.5, 0.6) is 11.6 Å². The Morgan fingerprint density at radius 1 is 1.25 bits per heavy atom. The summed E-state index contributed by atoms with van der Waals surface area (Å²) < 4.78 is 5.80. The van der Waals surface area contributed by atoms with Crippen molar-refractivity contribution in [2.75, 3.05) is 5.73 Å². The smallest absolute Gasteiger partial charge is 0.247 e. The van der Waals surface area contributed by atoms with Gasteiger partial charge in [0.2, 0.25) is 5.88 Å². The average Bonchev–Trinajstić information content (AvgIpc) is 2.91. The lowest BCUT2D eigenvalue weighted by Gasteiger charge is -2.10. The van der Waals surface area contributed by atoms with Gasteiger partial charge in [0, 0.05) is 6.42 Å². The van der Waals surface area contributed by atoms with Crippen LogP contribution >= 0.6 is 11.6 Å². The van der Waals surface area contributed by atoms with Crippen LogP contribution < -0.4 is 10.5 Å². The molecule has 0 saturated carbocycles. The van der Waals surface area contributed by atoms with E-state index in [9.17, 15) is 0 Å². The molecule has 4 nitrogen and oxygen atoms in total. The first kappa shape index (κ1) is 13.2. The van der Waals surface area contributed by atoms with Crippen molar-refractivity contribution in [1.82, 2.24) is 9.97 Å². The number of nitrogen functional groups attached to an aromatic ring is 1. The fourth-order valence-corrected chi connectivity index (χ4v) is 2.60. The lowest BCUT2D eigenvalue weighted by Crippen LogP contribution is -2.02. The molecule has 1 aliphatic carbocycles. The van der Waals surface area contributed by atoms with Crippen molar-refractivity contribution < 1.29 is 4.74 Å². The molecule has 104 valence electrons. The van der Waals surface area contributed by atoms with Gasteiger partial charge in [-0.3, -0.25) is 0 Å². The highest BCUT2D eigenvalue weighted by Crippen LogP contribution is 2.32. The third kappa shape index (κ3) is 2.43. The Morgan fingerprint density at radius 2 is 2.05 bits per heavy atom. The second-order valence-electron chi connectivity index (χ2n) is 4.89. The van der Waals surface area contributed by atoms with Gasteiger partial charge in [0.25, 0.3) is 0 Å². The van der Waals surface area contributed by atoms with E-state index in [4.69, 9.17) is 22.1 Å². The van der Waals surface area contributed by atoms with Crippen LogP contribution in [0.15, 0.2) is 18.2 Å². The summed E-state index contributed by atoms with van der Waals surface area (Å²) in [5.41, 5.74) is 8.91. The molecule has 2 aromatic rings. The van der Waals surface area contributed by atoms with Gasteiger partial charge in [-0.1, -0.05) is 24.6 Å². The van der Waals surface area contributed by atoms with E-state index in [2.05, 4.69) is 22.1 Å². The van der Waals surface area contributed by atoms with Crippen molar-refractivity contribution in [3.63, 3.8) is 0 Å². The van der Waals surface area contributed by atoms with Crippen LogP contribution in [0.1, 0.15) is 30.3 Å². The Bertz CT molecular complexity index is 658. The Balaban J connectivity index is 1.93. The molecule has 5 heteroatoms. The molecule has 0 fully saturated rings. The van der Waals surface area contributed by atoms with Crippen LogP contribution in [0, 0.1) is 0 Å². The maximum absolute atomic E-state index is 6.00. The Kier molecular flexibility index (Phi) is 3.49. The third-order valence-electron chi connectivity index (χ3n) is 3.51. The van der Waals surface area contributed by atoms with Crippen LogP contribution in [0.4, 0.5) is 5.69 Å². The molecule has 1 aromatic heterocycles. The van der Waals surface area contributed by atoms with E-state index >= 15 is 0 Å². The first-order valence-electron chi connectivity index (χ1n) is 6.79. The first-order valence-corrected chi connectivity index (χ1v) is 7.16. The van der Waals surface area contributed by atoms with E-state index < -0.39 is 0 Å². The van der Waals surface area contributed by atoms with Crippen LogP contribution in [0.3, 0.4) is 0 Å². The topological polar surface area (TPSA) is 61.0 Å². The molecule has 0 spiro atoms. The Hall–Kier alpha value is -1.81. The second kappa shape index (κ2) is 5.29. The highest BCUT2D eigenvalue weighted by atomic mass is 35.5. The van der Waals surface area contributed by atoms with Crippen molar-refractivity contribution in [3.05, 3.63) is 40.3 Å². The van der Waals surface area contributed by atoms with Gasteiger partial charge >= 0.3 is 0 Å². The summed E-state index contributed by atoms with van der Waals surface area (Å²) in [6.07, 6.45) is 4.14. The molecule has 1 heterocycles. The minimum absolute atomic E-state index is 0.244. The van der Waals surface area contributed by atoms with Gasteiger partial charge in [0.15, 0.2) is 5.15 Å². The fourth-order valence-electron chi connectivity index (χ4n) is 2.42. The fraction of sp³-hybridized carbons (Fsp3) is 0.333. The number of benzene rings is 1. The summed E-state index contributed by atoms with van der Waals surface area (Å²) >= 11 is 6.00. The van der Waals surface area contributed by atoms with Crippen molar-refractivity contribution in [3.8, 4) is 11.6 Å². The highest BCUT2D eigenvalue weighted by molar-refractivity contribution is 6.32. The summed E-state index contributed by atoms with van der Waals surface area (Å²) in [6.45, 7) is 1.96. The summed E-state index contributed by atoms with van der Waals surface area (Å²) in [4.78, 5) is 8.40. The molecule has 0 amide bonds. The monoisotopic (exact) mass is 289 g/mol. The number of halogens is 1. The molecule has 0 atom stereocenters. The average molecular weight is 290 g/mol. The molecular formula is C15H16ClN3O. The molecular weight excluding hydrogens is 274 g/mol. The standard InChI is InChI=1S/C15H16ClN3O/c1-2-12-18-14(16)13(17)15(19-12)20-11-7-6-9-4-3-5-10(9)8-11/h6-8H,2-5,17H2,1H3. The van der Waals surface area contributed by atoms with Gasteiger partial charge in [-0.15, -0.1) is 0 Å². The summed E-state index contributed by atoms with van der Waals surface area (Å²) in [5, 5.41) is 0.244. The van der Waals surface area contributed by atoms with E-state index in [-0.39, 0.29) is 10.8 Å². The number of hydrogen-bond donors (Lipinski definition) is 1. The molecule has 0 unspecified atom stereocenters. The second-order valence-corrected chi connectivity index (χ2v) is 5.25. The number of anilines is 1. The molecule has 0 bridgehead atoms. The van der Waals surface area contributed by atoms with Crippen LogP contribution in [0.25, 0.3) is 0 Å². The first-order chi connectivity index (χ1) is 9.67. The lowest BCUT2D eigenvalue weighted by atomic mass is 10.1. The molecule has 0 radical (unpaired) electrons. The largest absolute Gasteiger partial charge is 0.437 e. The van der Waals surface area contributed by atoms with E-state index in [1.807, 2.05) is 13.0 Å². The zero-order valence-corrected chi connectivity index (χ0v) is 12.1. The number of fused-ring (bicyclic) bond motifs is 1. The quantitative estimate of drug-likeness (QED) is 0.878. The molecule has 1 aliphatic rings. The molecule has 0 aliphatic heterocycles. The number of aromatic nitrogens is 2. The third-order valence-corrected chi connectivity index (χ3v) is 3.80. The Labute approximate surface area is 123 Å². The summed E-state index contributed by atoms with van der Waals surface area (Å²) in [7, 11) is 0. The zero-order valence-electron chi connectivity index (χ0n) is 11.3. The van der Waals surface area contributed by atoms with Crippen LogP contribution in [0.2, 0.25) is 5.15 Å². The van der Waals surface area contributed by atoms with Crippen molar-refractivity contribution >= 4 is 17.3 Å². The highest BCUT2D eigenvalue weighted by Gasteiger charge is 2.14. The van der Waals surface area contributed by atoms with Gasteiger partial charge < -0.3 is 10.5 Å². The van der Waals surface area contributed by atoms with Gasteiger partial charge in [-0.05, 0) is 42.5 Å². The predicted molar refractivity (Wildman–Crippen MR) is 79.4 cm³/mol. The van der Waals surface area contributed by atoms with Crippen LogP contribution in [-0.4, -0.2) is 9.97 Å². The number of hydrogen-bond acceptors (Lipinski definition) is 4. The maximum Gasteiger partial charge on any atom is 0.247 e. The number of rotatable bonds is 3. The minimum atomic E-state index is 0.244. The van der Waals surface area contributed by atoms with Crippen LogP contribution in [-0.2, 0) is 19.3 Å². The molecule has 0 saturated heterocycles. The molecule has 3 rings (SSSR count). The number of ether oxygens (including phenoxy) is 1. The minimum Gasteiger partial charge on any atom is -0.437 e. The van der Waals surface area contributed by atoms with Crippen molar-refractivity contribution in [2.45, 2.75) is 32.6 Å². The predicted octanol–water partition coefficient (Wildman–Crippen LogP) is 3.56. The summed E-state index contributed by atoms with van der Waals surface area (Å²) in [5.74, 6) is 1.70. The number of nitrogens with zero attached hydrogens (tertiary/aromatic N) is 2. The van der Waals surface area contributed by atoms with E-state index in [0.29, 0.717) is 18.1 Å². The lowest BCUT2D eigenvalue weighted by molar-refractivity contribution is 0.461.